The minimum absolute atomic E-state index is 0.0894. The van der Waals surface area contributed by atoms with E-state index in [4.69, 9.17) is 4.74 Å². The van der Waals surface area contributed by atoms with Gasteiger partial charge in [-0.2, -0.15) is 5.10 Å². The summed E-state index contributed by atoms with van der Waals surface area (Å²) < 4.78 is 6.37. The van der Waals surface area contributed by atoms with Crippen molar-refractivity contribution < 1.29 is 14.3 Å². The molecule has 2 heterocycles. The van der Waals surface area contributed by atoms with Crippen molar-refractivity contribution >= 4 is 22.6 Å². The van der Waals surface area contributed by atoms with Crippen molar-refractivity contribution in [2.75, 3.05) is 33.3 Å². The van der Waals surface area contributed by atoms with Crippen LogP contribution >= 0.6 is 0 Å². The van der Waals surface area contributed by atoms with Crippen LogP contribution in [0.2, 0.25) is 0 Å². The van der Waals surface area contributed by atoms with E-state index in [9.17, 15) is 14.4 Å². The maximum Gasteiger partial charge on any atom is 0.275 e. The summed E-state index contributed by atoms with van der Waals surface area (Å²) in [5, 5.41) is 5.40. The summed E-state index contributed by atoms with van der Waals surface area (Å²) in [6.45, 7) is 1.57. The van der Waals surface area contributed by atoms with Crippen LogP contribution in [0.5, 0.6) is 5.75 Å². The van der Waals surface area contributed by atoms with E-state index in [1.807, 2.05) is 12.1 Å². The molecule has 154 valence electrons. The predicted molar refractivity (Wildman–Crippen MR) is 111 cm³/mol. The summed E-state index contributed by atoms with van der Waals surface area (Å²) in [4.78, 5) is 41.4. The van der Waals surface area contributed by atoms with Crippen LogP contribution in [0.25, 0.3) is 10.8 Å². The molecule has 1 aliphatic rings. The average Bonchev–Trinajstić information content (AvgIpc) is 2.80. The monoisotopic (exact) mass is 406 g/mol. The van der Waals surface area contributed by atoms with Crippen LogP contribution in [0.1, 0.15) is 10.4 Å². The molecule has 1 aromatic heterocycles. The Bertz CT molecular complexity index is 1150. The summed E-state index contributed by atoms with van der Waals surface area (Å²) in [5.41, 5.74) is 0.273. The zero-order valence-electron chi connectivity index (χ0n) is 16.7. The molecule has 30 heavy (non-hydrogen) atoms. The molecule has 0 bridgehead atoms. The van der Waals surface area contributed by atoms with E-state index in [0.717, 1.165) is 5.39 Å². The number of aromatic nitrogens is 2. The van der Waals surface area contributed by atoms with Gasteiger partial charge in [-0.25, -0.2) is 4.68 Å². The zero-order chi connectivity index (χ0) is 21.1. The van der Waals surface area contributed by atoms with Crippen LogP contribution < -0.4 is 10.3 Å². The second kappa shape index (κ2) is 8.36. The summed E-state index contributed by atoms with van der Waals surface area (Å²) >= 11 is 0. The summed E-state index contributed by atoms with van der Waals surface area (Å²) in [6, 6.07) is 14.2. The van der Waals surface area contributed by atoms with Crippen LogP contribution in [0.15, 0.2) is 59.5 Å². The molecule has 0 saturated carbocycles. The molecule has 8 nitrogen and oxygen atoms in total. The van der Waals surface area contributed by atoms with Crippen LogP contribution in [-0.2, 0) is 11.3 Å². The van der Waals surface area contributed by atoms with Crippen molar-refractivity contribution in [2.45, 2.75) is 6.54 Å². The molecule has 1 saturated heterocycles. The summed E-state index contributed by atoms with van der Waals surface area (Å²) in [7, 11) is 1.56. The number of rotatable bonds is 4. The van der Waals surface area contributed by atoms with Gasteiger partial charge in [-0.05, 0) is 24.3 Å². The molecule has 1 fully saturated rings. The number of ether oxygens (including phenoxy) is 1. The van der Waals surface area contributed by atoms with Crippen molar-refractivity contribution in [1.82, 2.24) is 19.6 Å². The molecule has 0 atom stereocenters. The van der Waals surface area contributed by atoms with E-state index in [-0.39, 0.29) is 23.9 Å². The number of hydrogen-bond donors (Lipinski definition) is 0. The van der Waals surface area contributed by atoms with Crippen LogP contribution in [0.3, 0.4) is 0 Å². The molecule has 4 rings (SSSR count). The predicted octanol–water partition coefficient (Wildman–Crippen LogP) is 1.39. The Morgan fingerprint density at radius 1 is 1.00 bits per heavy atom. The molecule has 8 heteroatoms. The Hall–Kier alpha value is -3.68. The second-order valence-corrected chi connectivity index (χ2v) is 7.10. The first-order valence-electron chi connectivity index (χ1n) is 9.73. The van der Waals surface area contributed by atoms with Gasteiger partial charge in [0, 0.05) is 37.1 Å². The third-order valence-electron chi connectivity index (χ3n) is 5.28. The van der Waals surface area contributed by atoms with E-state index in [0.29, 0.717) is 42.9 Å². The molecule has 0 spiro atoms. The first-order chi connectivity index (χ1) is 14.6. The fraction of sp³-hybridized carbons (Fsp3) is 0.273. The topological polar surface area (TPSA) is 84.7 Å². The lowest BCUT2D eigenvalue weighted by atomic mass is 10.1. The Kier molecular flexibility index (Phi) is 5.47. The first-order valence-corrected chi connectivity index (χ1v) is 9.73. The first kappa shape index (κ1) is 19.6. The lowest BCUT2D eigenvalue weighted by molar-refractivity contribution is -0.133. The number of amides is 2. The van der Waals surface area contributed by atoms with Crippen LogP contribution in [-0.4, -0.2) is 64.7 Å². The van der Waals surface area contributed by atoms with Crippen LogP contribution in [0.4, 0.5) is 0 Å². The fourth-order valence-electron chi connectivity index (χ4n) is 3.57. The maximum atomic E-state index is 12.7. The molecule has 2 aromatic carbocycles. The van der Waals surface area contributed by atoms with Gasteiger partial charge in [0.25, 0.3) is 11.5 Å². The Morgan fingerprint density at radius 2 is 1.73 bits per heavy atom. The van der Waals surface area contributed by atoms with Gasteiger partial charge < -0.3 is 14.5 Å². The highest BCUT2D eigenvalue weighted by atomic mass is 16.5. The highest BCUT2D eigenvalue weighted by molar-refractivity contribution is 5.94. The third-order valence-corrected chi connectivity index (χ3v) is 5.28. The van der Waals surface area contributed by atoms with Gasteiger partial charge in [-0.15, -0.1) is 0 Å². The molecular formula is C22H22N4O4. The minimum atomic E-state index is -0.284. The number of nitrogens with zero attached hydrogens (tertiary/aromatic N) is 4. The molecular weight excluding hydrogens is 384 g/mol. The number of piperazine rings is 1. The van der Waals surface area contributed by atoms with Gasteiger partial charge >= 0.3 is 0 Å². The quantitative estimate of drug-likeness (QED) is 0.654. The normalized spacial score (nSPS) is 14.0. The minimum Gasteiger partial charge on any atom is -0.497 e. The van der Waals surface area contributed by atoms with Crippen molar-refractivity contribution in [3.63, 3.8) is 0 Å². The Labute approximate surface area is 173 Å². The molecule has 0 aliphatic carbocycles. The standard InChI is InChI=1S/C22H22N4O4/c1-30-18-7-4-6-16(13-18)21(28)25-11-9-24(10-12-25)20(27)15-26-22(29)19-8-3-2-5-17(19)14-23-26/h2-8,13-14H,9-12,15H2,1H3. The zero-order valence-corrected chi connectivity index (χ0v) is 16.7. The van der Waals surface area contributed by atoms with Gasteiger partial charge in [0.2, 0.25) is 5.91 Å². The number of carbonyl (C=O) groups is 2. The SMILES string of the molecule is COc1cccc(C(=O)N2CCN(C(=O)Cn3ncc4ccccc4c3=O)CC2)c1. The van der Waals surface area contributed by atoms with Gasteiger partial charge in [-0.3, -0.25) is 14.4 Å². The van der Waals surface area contributed by atoms with Gasteiger partial charge in [0.1, 0.15) is 12.3 Å². The average molecular weight is 406 g/mol. The second-order valence-electron chi connectivity index (χ2n) is 7.10. The van der Waals surface area contributed by atoms with Gasteiger partial charge in [0.05, 0.1) is 18.7 Å². The smallest absolute Gasteiger partial charge is 0.275 e. The lowest BCUT2D eigenvalue weighted by Crippen LogP contribution is -2.51. The number of benzene rings is 2. The highest BCUT2D eigenvalue weighted by Crippen LogP contribution is 2.16. The molecule has 0 radical (unpaired) electrons. The Morgan fingerprint density at radius 3 is 2.50 bits per heavy atom. The fourth-order valence-corrected chi connectivity index (χ4v) is 3.57. The summed E-state index contributed by atoms with van der Waals surface area (Å²) in [6.07, 6.45) is 1.59. The molecule has 2 amide bonds. The maximum absolute atomic E-state index is 12.7. The third kappa shape index (κ3) is 3.89. The summed E-state index contributed by atoms with van der Waals surface area (Å²) in [5.74, 6) is 0.352. The van der Waals surface area contributed by atoms with E-state index >= 15 is 0 Å². The number of fused-ring (bicyclic) bond motifs is 1. The lowest BCUT2D eigenvalue weighted by Gasteiger charge is -2.34. The van der Waals surface area contributed by atoms with E-state index in [1.54, 1.807) is 59.5 Å². The molecule has 3 aromatic rings. The van der Waals surface area contributed by atoms with Crippen molar-refractivity contribution in [3.05, 3.63) is 70.6 Å². The molecule has 1 aliphatic heterocycles. The van der Waals surface area contributed by atoms with E-state index < -0.39 is 0 Å². The largest absolute Gasteiger partial charge is 0.497 e. The number of hydrogen-bond acceptors (Lipinski definition) is 5. The van der Waals surface area contributed by atoms with E-state index in [2.05, 4.69) is 5.10 Å². The van der Waals surface area contributed by atoms with Crippen LogP contribution in [0, 0.1) is 0 Å². The van der Waals surface area contributed by atoms with Gasteiger partial charge in [-0.1, -0.05) is 24.3 Å². The van der Waals surface area contributed by atoms with Crippen molar-refractivity contribution in [1.29, 1.82) is 0 Å². The van der Waals surface area contributed by atoms with E-state index in [1.165, 1.54) is 4.68 Å². The number of carbonyl (C=O) groups excluding carboxylic acids is 2. The highest BCUT2D eigenvalue weighted by Gasteiger charge is 2.25. The molecule has 0 unspecified atom stereocenters. The number of methoxy groups -OCH3 is 1. The van der Waals surface area contributed by atoms with Crippen molar-refractivity contribution in [2.24, 2.45) is 0 Å². The molecule has 0 N–H and O–H groups in total. The Balaban J connectivity index is 1.39. The van der Waals surface area contributed by atoms with Crippen molar-refractivity contribution in [3.8, 4) is 5.75 Å². The van der Waals surface area contributed by atoms with Gasteiger partial charge in [0.15, 0.2) is 0 Å².